The number of nitrogens with zero attached hydrogens (tertiary/aromatic N) is 1. The van der Waals surface area contributed by atoms with Crippen molar-refractivity contribution in [2.75, 3.05) is 19.6 Å². The van der Waals surface area contributed by atoms with Gasteiger partial charge >= 0.3 is 6.09 Å². The molecule has 1 N–H and O–H groups in total. The zero-order chi connectivity index (χ0) is 16.9. The molecule has 1 aliphatic carbocycles. The Morgan fingerprint density at radius 2 is 2.09 bits per heavy atom. The van der Waals surface area contributed by atoms with E-state index in [4.69, 9.17) is 4.74 Å². The van der Waals surface area contributed by atoms with Gasteiger partial charge in [-0.25, -0.2) is 4.79 Å². The number of nitrogens with one attached hydrogen (secondary N) is 1. The van der Waals surface area contributed by atoms with Gasteiger partial charge in [-0.05, 0) is 58.1 Å². The first-order valence-electron chi connectivity index (χ1n) is 8.70. The lowest BCUT2D eigenvalue weighted by molar-refractivity contribution is 0.0260. The number of carbonyl (C=O) groups is 1. The summed E-state index contributed by atoms with van der Waals surface area (Å²) in [6.45, 7) is 9.80. The van der Waals surface area contributed by atoms with Crippen molar-refractivity contribution in [2.45, 2.75) is 58.6 Å². The number of ether oxygens (including phenoxy) is 1. The molecule has 4 nitrogen and oxygen atoms in total. The molecule has 0 aromatic heterocycles. The molecule has 1 aromatic carbocycles. The molecule has 0 spiro atoms. The highest BCUT2D eigenvalue weighted by Gasteiger charge is 2.22. The predicted octanol–water partition coefficient (Wildman–Crippen LogP) is 3.91. The number of hydrogen-bond acceptors (Lipinski definition) is 3. The SMILES string of the molecule is CCN(CCNC1CCCc2ccccc21)C(=O)OC(C)(C)C. The normalized spacial score (nSPS) is 17.5. The topological polar surface area (TPSA) is 41.6 Å². The van der Waals surface area contributed by atoms with E-state index in [1.807, 2.05) is 27.7 Å². The average Bonchev–Trinajstić information content (AvgIpc) is 2.50. The molecule has 1 aromatic rings. The van der Waals surface area contributed by atoms with Crippen molar-refractivity contribution in [3.05, 3.63) is 35.4 Å². The summed E-state index contributed by atoms with van der Waals surface area (Å²) >= 11 is 0. The molecule has 0 saturated heterocycles. The maximum Gasteiger partial charge on any atom is 0.410 e. The molecule has 1 unspecified atom stereocenters. The highest BCUT2D eigenvalue weighted by Crippen LogP contribution is 2.29. The van der Waals surface area contributed by atoms with Crippen molar-refractivity contribution in [1.82, 2.24) is 10.2 Å². The van der Waals surface area contributed by atoms with Gasteiger partial charge in [0, 0.05) is 25.7 Å². The molecule has 4 heteroatoms. The van der Waals surface area contributed by atoms with E-state index in [1.165, 1.54) is 24.0 Å². The molecular formula is C19H30N2O2. The molecule has 1 amide bonds. The first-order chi connectivity index (χ1) is 10.9. The Kier molecular flexibility index (Phi) is 6.05. The number of hydrogen-bond donors (Lipinski definition) is 1. The Morgan fingerprint density at radius 1 is 1.35 bits per heavy atom. The summed E-state index contributed by atoms with van der Waals surface area (Å²) in [4.78, 5) is 13.9. The number of carbonyl (C=O) groups excluding carboxylic acids is 1. The van der Waals surface area contributed by atoms with E-state index in [0.717, 1.165) is 13.0 Å². The van der Waals surface area contributed by atoms with Gasteiger partial charge in [0.25, 0.3) is 0 Å². The van der Waals surface area contributed by atoms with Crippen LogP contribution in [0.5, 0.6) is 0 Å². The van der Waals surface area contributed by atoms with Crippen LogP contribution in [0.2, 0.25) is 0 Å². The number of fused-ring (bicyclic) bond motifs is 1. The van der Waals surface area contributed by atoms with E-state index in [2.05, 4.69) is 29.6 Å². The van der Waals surface area contributed by atoms with Gasteiger partial charge in [0.1, 0.15) is 5.60 Å². The zero-order valence-corrected chi connectivity index (χ0v) is 14.9. The number of amides is 1. The molecular weight excluding hydrogens is 288 g/mol. The Hall–Kier alpha value is -1.55. The lowest BCUT2D eigenvalue weighted by Gasteiger charge is -2.29. The summed E-state index contributed by atoms with van der Waals surface area (Å²) in [6.07, 6.45) is 3.33. The Bertz CT molecular complexity index is 522. The second-order valence-corrected chi connectivity index (χ2v) is 7.16. The van der Waals surface area contributed by atoms with Gasteiger partial charge in [-0.15, -0.1) is 0 Å². The van der Waals surface area contributed by atoms with Crippen molar-refractivity contribution in [3.63, 3.8) is 0 Å². The van der Waals surface area contributed by atoms with Crippen LogP contribution in [0, 0.1) is 0 Å². The van der Waals surface area contributed by atoms with Crippen LogP contribution in [0.15, 0.2) is 24.3 Å². The molecule has 0 heterocycles. The van der Waals surface area contributed by atoms with E-state index in [9.17, 15) is 4.79 Å². The standard InChI is InChI=1S/C19H30N2O2/c1-5-21(18(22)23-19(2,3)4)14-13-20-17-12-8-10-15-9-6-7-11-16(15)17/h6-7,9,11,17,20H,5,8,10,12-14H2,1-4H3. The molecule has 0 radical (unpaired) electrons. The van der Waals surface area contributed by atoms with E-state index in [1.54, 1.807) is 4.90 Å². The smallest absolute Gasteiger partial charge is 0.410 e. The first kappa shape index (κ1) is 17.8. The van der Waals surface area contributed by atoms with Gasteiger partial charge in [-0.3, -0.25) is 0 Å². The third kappa shape index (κ3) is 5.24. The van der Waals surface area contributed by atoms with Crippen molar-refractivity contribution in [1.29, 1.82) is 0 Å². The molecule has 1 atom stereocenters. The fraction of sp³-hybridized carbons (Fsp3) is 0.632. The monoisotopic (exact) mass is 318 g/mol. The highest BCUT2D eigenvalue weighted by atomic mass is 16.6. The van der Waals surface area contributed by atoms with Gasteiger partial charge in [0.2, 0.25) is 0 Å². The minimum atomic E-state index is -0.444. The Morgan fingerprint density at radius 3 is 2.78 bits per heavy atom. The summed E-state index contributed by atoms with van der Waals surface area (Å²) in [5.41, 5.74) is 2.43. The number of rotatable bonds is 5. The van der Waals surface area contributed by atoms with Crippen molar-refractivity contribution < 1.29 is 9.53 Å². The Balaban J connectivity index is 1.86. The lowest BCUT2D eigenvalue weighted by atomic mass is 9.88. The molecule has 0 fully saturated rings. The van der Waals surface area contributed by atoms with Crippen LogP contribution in [-0.4, -0.2) is 36.2 Å². The van der Waals surface area contributed by atoms with Crippen LogP contribution in [-0.2, 0) is 11.2 Å². The number of likely N-dealkylation sites (N-methyl/N-ethyl adjacent to an activating group) is 1. The maximum atomic E-state index is 12.1. The summed E-state index contributed by atoms with van der Waals surface area (Å²) in [5.74, 6) is 0. The predicted molar refractivity (Wildman–Crippen MR) is 93.6 cm³/mol. The minimum absolute atomic E-state index is 0.231. The quantitative estimate of drug-likeness (QED) is 0.895. The van der Waals surface area contributed by atoms with Crippen molar-refractivity contribution in [3.8, 4) is 0 Å². The molecule has 0 bridgehead atoms. The van der Waals surface area contributed by atoms with E-state index in [0.29, 0.717) is 19.1 Å². The lowest BCUT2D eigenvalue weighted by Crippen LogP contribution is -2.41. The van der Waals surface area contributed by atoms with Crippen LogP contribution >= 0.6 is 0 Å². The minimum Gasteiger partial charge on any atom is -0.444 e. The fourth-order valence-corrected chi connectivity index (χ4v) is 3.04. The van der Waals surface area contributed by atoms with Crippen LogP contribution in [0.3, 0.4) is 0 Å². The summed E-state index contributed by atoms with van der Waals surface area (Å²) in [5, 5.41) is 3.61. The van der Waals surface area contributed by atoms with Crippen LogP contribution in [0.1, 0.15) is 57.7 Å². The molecule has 1 aliphatic rings. The summed E-state index contributed by atoms with van der Waals surface area (Å²) in [7, 11) is 0. The molecule has 23 heavy (non-hydrogen) atoms. The number of benzene rings is 1. The maximum absolute atomic E-state index is 12.1. The average molecular weight is 318 g/mol. The zero-order valence-electron chi connectivity index (χ0n) is 14.9. The first-order valence-corrected chi connectivity index (χ1v) is 8.70. The van der Waals surface area contributed by atoms with Crippen molar-refractivity contribution in [2.24, 2.45) is 0 Å². The molecule has 128 valence electrons. The van der Waals surface area contributed by atoms with Crippen molar-refractivity contribution >= 4 is 6.09 Å². The second kappa shape index (κ2) is 7.82. The van der Waals surface area contributed by atoms with Gasteiger partial charge in [0.05, 0.1) is 0 Å². The molecule has 2 rings (SSSR count). The largest absolute Gasteiger partial charge is 0.444 e. The third-order valence-corrected chi connectivity index (χ3v) is 4.18. The number of aryl methyl sites for hydroxylation is 1. The second-order valence-electron chi connectivity index (χ2n) is 7.16. The summed E-state index contributed by atoms with van der Waals surface area (Å²) in [6, 6.07) is 9.07. The molecule has 0 saturated carbocycles. The van der Waals surface area contributed by atoms with Gasteiger partial charge < -0.3 is 15.0 Å². The summed E-state index contributed by atoms with van der Waals surface area (Å²) < 4.78 is 5.45. The van der Waals surface area contributed by atoms with Crippen LogP contribution < -0.4 is 5.32 Å². The third-order valence-electron chi connectivity index (χ3n) is 4.18. The Labute approximate surface area is 140 Å². The van der Waals surface area contributed by atoms with Gasteiger partial charge in [-0.1, -0.05) is 24.3 Å². The van der Waals surface area contributed by atoms with Gasteiger partial charge in [-0.2, -0.15) is 0 Å². The highest BCUT2D eigenvalue weighted by molar-refractivity contribution is 5.68. The van der Waals surface area contributed by atoms with Crippen LogP contribution in [0.25, 0.3) is 0 Å². The van der Waals surface area contributed by atoms with E-state index >= 15 is 0 Å². The molecule has 0 aliphatic heterocycles. The van der Waals surface area contributed by atoms with E-state index < -0.39 is 5.60 Å². The van der Waals surface area contributed by atoms with Gasteiger partial charge in [0.15, 0.2) is 0 Å². The van der Waals surface area contributed by atoms with Crippen LogP contribution in [0.4, 0.5) is 4.79 Å². The van der Waals surface area contributed by atoms with E-state index in [-0.39, 0.29) is 6.09 Å². The fourth-order valence-electron chi connectivity index (χ4n) is 3.04.